The quantitative estimate of drug-likeness (QED) is 0.573. The van der Waals surface area contributed by atoms with Gasteiger partial charge in [-0.05, 0) is 43.5 Å². The molecule has 1 aliphatic carbocycles. The number of hydrogen-bond donors (Lipinski definition) is 2. The van der Waals surface area contributed by atoms with E-state index in [0.29, 0.717) is 35.4 Å². The average Bonchev–Trinajstić information content (AvgIpc) is 3.39. The number of aromatic nitrogens is 3. The van der Waals surface area contributed by atoms with Gasteiger partial charge in [0.2, 0.25) is 5.95 Å². The zero-order valence-corrected chi connectivity index (χ0v) is 19.6. The molecule has 1 aromatic carbocycles. The largest absolute Gasteiger partial charge is 0.394 e. The molecule has 2 N–H and O–H groups in total. The molecule has 1 saturated carbocycles. The van der Waals surface area contributed by atoms with Gasteiger partial charge in [0.25, 0.3) is 0 Å². The van der Waals surface area contributed by atoms with Gasteiger partial charge in [0, 0.05) is 35.6 Å². The Morgan fingerprint density at radius 3 is 2.70 bits per heavy atom. The van der Waals surface area contributed by atoms with E-state index in [1.165, 1.54) is 12.1 Å². The Kier molecular flexibility index (Phi) is 5.19. The summed E-state index contributed by atoms with van der Waals surface area (Å²) in [5, 5.41) is 14.3. The van der Waals surface area contributed by atoms with E-state index >= 15 is 0 Å². The van der Waals surface area contributed by atoms with Gasteiger partial charge < -0.3 is 15.3 Å². The molecule has 0 spiro atoms. The molecule has 0 unspecified atom stereocenters. The first-order valence-corrected chi connectivity index (χ1v) is 13.3. The summed E-state index contributed by atoms with van der Waals surface area (Å²) in [4.78, 5) is 18.4. The Balaban J connectivity index is 1.31. The molecule has 6 rings (SSSR count). The van der Waals surface area contributed by atoms with Gasteiger partial charge in [0.15, 0.2) is 0 Å². The third-order valence-corrected chi connectivity index (χ3v) is 9.37. The van der Waals surface area contributed by atoms with Crippen molar-refractivity contribution in [1.29, 1.82) is 0 Å². The van der Waals surface area contributed by atoms with E-state index in [1.807, 2.05) is 0 Å². The summed E-state index contributed by atoms with van der Waals surface area (Å²) in [5.74, 6) is 1.55. The predicted molar refractivity (Wildman–Crippen MR) is 127 cm³/mol. The van der Waals surface area contributed by atoms with Gasteiger partial charge in [-0.1, -0.05) is 0 Å². The fourth-order valence-corrected chi connectivity index (χ4v) is 7.10. The number of fused-ring (bicyclic) bond motifs is 2. The molecular formula is C23H24FN5O2S2. The van der Waals surface area contributed by atoms with E-state index in [0.717, 1.165) is 59.1 Å². The normalized spacial score (nSPS) is 20.8. The zero-order valence-electron chi connectivity index (χ0n) is 18.0. The van der Waals surface area contributed by atoms with E-state index in [4.69, 9.17) is 15.0 Å². The summed E-state index contributed by atoms with van der Waals surface area (Å²) in [6.07, 6.45) is 4.28. The molecule has 2 aliphatic heterocycles. The molecule has 0 saturated heterocycles. The Hall–Kier alpha value is -2.43. The van der Waals surface area contributed by atoms with Crippen molar-refractivity contribution in [2.24, 2.45) is 0 Å². The van der Waals surface area contributed by atoms with Gasteiger partial charge in [-0.2, -0.15) is 4.98 Å². The number of aryl methyl sites for hydroxylation is 1. The van der Waals surface area contributed by atoms with Crippen molar-refractivity contribution < 1.29 is 13.7 Å². The number of hydrogen-bond acceptors (Lipinski definition) is 8. The van der Waals surface area contributed by atoms with E-state index in [-0.39, 0.29) is 18.0 Å². The first-order valence-electron chi connectivity index (χ1n) is 11.2. The van der Waals surface area contributed by atoms with Crippen LogP contribution >= 0.6 is 11.3 Å². The number of nitrogens with zero attached hydrogens (tertiary/aromatic N) is 4. The first kappa shape index (κ1) is 21.1. The standard InChI is InChI=1S/C23H24FN5O2S2/c24-15-4-2-14(3-5-15)21-25-16-6-10-29(12-18(16)32-21)22-26-17-7-11-33(31)19(17)20(27-22)28-23(13-30)8-1-9-23/h2-5,30H,1,6-13H2,(H,26,27,28)/t33-/m1/s1. The van der Waals surface area contributed by atoms with Gasteiger partial charge in [-0.3, -0.25) is 4.21 Å². The molecule has 4 heterocycles. The van der Waals surface area contributed by atoms with Crippen molar-refractivity contribution in [3.63, 3.8) is 0 Å². The zero-order chi connectivity index (χ0) is 22.6. The third-order valence-electron chi connectivity index (χ3n) is 6.78. The monoisotopic (exact) mass is 485 g/mol. The fraction of sp³-hybridized carbons (Fsp3) is 0.435. The molecule has 0 amide bonds. The van der Waals surface area contributed by atoms with Gasteiger partial charge >= 0.3 is 0 Å². The summed E-state index contributed by atoms with van der Waals surface area (Å²) >= 11 is 1.62. The fourth-order valence-electron chi connectivity index (χ4n) is 4.67. The Labute approximate surface area is 197 Å². The predicted octanol–water partition coefficient (Wildman–Crippen LogP) is 3.29. The van der Waals surface area contributed by atoms with Crippen LogP contribution in [0.2, 0.25) is 0 Å². The van der Waals surface area contributed by atoms with Crippen LogP contribution in [0.3, 0.4) is 0 Å². The van der Waals surface area contributed by atoms with Gasteiger partial charge in [0.05, 0.1) is 40.9 Å². The van der Waals surface area contributed by atoms with Crippen molar-refractivity contribution in [1.82, 2.24) is 15.0 Å². The van der Waals surface area contributed by atoms with Crippen LogP contribution in [0, 0.1) is 5.82 Å². The third kappa shape index (κ3) is 3.74. The number of aliphatic hydroxyl groups is 1. The van der Waals surface area contributed by atoms with Crippen LogP contribution in [0.25, 0.3) is 10.6 Å². The topological polar surface area (TPSA) is 91.2 Å². The van der Waals surface area contributed by atoms with Crippen LogP contribution in [0.15, 0.2) is 29.2 Å². The molecule has 172 valence electrons. The summed E-state index contributed by atoms with van der Waals surface area (Å²) in [6, 6.07) is 6.44. The van der Waals surface area contributed by atoms with Crippen molar-refractivity contribution in [3.05, 3.63) is 46.3 Å². The summed E-state index contributed by atoms with van der Waals surface area (Å²) in [5.41, 5.74) is 2.46. The van der Waals surface area contributed by atoms with Gasteiger partial charge in [-0.25, -0.2) is 14.4 Å². The van der Waals surface area contributed by atoms with Crippen molar-refractivity contribution in [2.75, 3.05) is 29.1 Å². The lowest BCUT2D eigenvalue weighted by Gasteiger charge is -2.41. The lowest BCUT2D eigenvalue weighted by molar-refractivity contribution is 0.143. The Bertz CT molecular complexity index is 1240. The van der Waals surface area contributed by atoms with Crippen LogP contribution in [0.4, 0.5) is 16.2 Å². The molecule has 2 aromatic heterocycles. The van der Waals surface area contributed by atoms with E-state index in [1.54, 1.807) is 23.5 Å². The minimum Gasteiger partial charge on any atom is -0.394 e. The lowest BCUT2D eigenvalue weighted by atomic mass is 9.77. The number of thiazole rings is 1. The maximum atomic E-state index is 13.3. The minimum atomic E-state index is -1.12. The molecule has 3 aliphatic rings. The van der Waals surface area contributed by atoms with E-state index < -0.39 is 10.8 Å². The SMILES string of the molecule is O=[S@@]1CCc2nc(N3CCc4nc(-c5ccc(F)cc5)sc4C3)nc(NC3(CO)CCC3)c21. The van der Waals surface area contributed by atoms with Crippen LogP contribution in [0.5, 0.6) is 0 Å². The second-order valence-corrected chi connectivity index (χ2v) is 11.5. The van der Waals surface area contributed by atoms with Gasteiger partial charge in [0.1, 0.15) is 21.5 Å². The second kappa shape index (κ2) is 8.11. The summed E-state index contributed by atoms with van der Waals surface area (Å²) in [7, 11) is -1.12. The lowest BCUT2D eigenvalue weighted by Crippen LogP contribution is -2.48. The second-order valence-electron chi connectivity index (χ2n) is 8.93. The molecule has 0 radical (unpaired) electrons. The number of benzene rings is 1. The summed E-state index contributed by atoms with van der Waals surface area (Å²) < 4.78 is 26.0. The molecule has 1 atom stereocenters. The smallest absolute Gasteiger partial charge is 0.227 e. The number of halogens is 1. The van der Waals surface area contributed by atoms with E-state index in [2.05, 4.69) is 10.2 Å². The number of rotatable bonds is 5. The maximum Gasteiger partial charge on any atom is 0.227 e. The minimum absolute atomic E-state index is 0.0356. The van der Waals surface area contributed by atoms with Gasteiger partial charge in [-0.15, -0.1) is 11.3 Å². The molecule has 10 heteroatoms. The summed E-state index contributed by atoms with van der Waals surface area (Å²) in [6.45, 7) is 1.43. The van der Waals surface area contributed by atoms with Crippen molar-refractivity contribution in [3.8, 4) is 10.6 Å². The maximum absolute atomic E-state index is 13.3. The highest BCUT2D eigenvalue weighted by molar-refractivity contribution is 7.85. The highest BCUT2D eigenvalue weighted by Gasteiger charge is 2.39. The van der Waals surface area contributed by atoms with Crippen LogP contribution in [-0.4, -0.2) is 48.7 Å². The number of anilines is 2. The molecule has 3 aromatic rings. The van der Waals surface area contributed by atoms with Crippen LogP contribution in [0.1, 0.15) is 35.5 Å². The van der Waals surface area contributed by atoms with Crippen LogP contribution in [-0.2, 0) is 30.2 Å². The first-order chi connectivity index (χ1) is 16.0. The molecule has 1 fully saturated rings. The number of nitrogens with one attached hydrogen (secondary N) is 1. The van der Waals surface area contributed by atoms with Crippen molar-refractivity contribution >= 4 is 33.9 Å². The van der Waals surface area contributed by atoms with E-state index in [9.17, 15) is 13.7 Å². The highest BCUT2D eigenvalue weighted by atomic mass is 32.2. The molecular weight excluding hydrogens is 461 g/mol. The molecule has 7 nitrogen and oxygen atoms in total. The number of aliphatic hydroxyl groups excluding tert-OH is 1. The highest BCUT2D eigenvalue weighted by Crippen LogP contribution is 2.39. The average molecular weight is 486 g/mol. The molecule has 0 bridgehead atoms. The Morgan fingerprint density at radius 1 is 1.15 bits per heavy atom. The Morgan fingerprint density at radius 2 is 1.97 bits per heavy atom. The molecule has 33 heavy (non-hydrogen) atoms. The van der Waals surface area contributed by atoms with Crippen LogP contribution < -0.4 is 10.2 Å². The van der Waals surface area contributed by atoms with Crippen molar-refractivity contribution in [2.45, 2.75) is 49.1 Å².